The largest absolute Gasteiger partial charge is 0.399 e. The van der Waals surface area contributed by atoms with Crippen molar-refractivity contribution in [3.05, 3.63) is 58.6 Å². The minimum atomic E-state index is 0.581. The number of hydrogen-bond donors (Lipinski definition) is 1. The normalized spacial score (nSPS) is 10.0. The van der Waals surface area contributed by atoms with Crippen molar-refractivity contribution in [2.45, 2.75) is 10.6 Å². The van der Waals surface area contributed by atoms with Gasteiger partial charge in [-0.15, -0.1) is 11.8 Å². The fourth-order valence-electron chi connectivity index (χ4n) is 1.50. The van der Waals surface area contributed by atoms with Gasteiger partial charge in [-0.2, -0.15) is 5.26 Å². The molecule has 0 aromatic heterocycles. The van der Waals surface area contributed by atoms with E-state index in [0.29, 0.717) is 10.6 Å². The first kappa shape index (κ1) is 12.8. The molecular formula is C14H11ClN2S. The number of nitriles is 1. The zero-order chi connectivity index (χ0) is 13.0. The molecule has 0 saturated heterocycles. The van der Waals surface area contributed by atoms with E-state index in [2.05, 4.69) is 6.07 Å². The summed E-state index contributed by atoms with van der Waals surface area (Å²) in [6.07, 6.45) is 0. The lowest BCUT2D eigenvalue weighted by Crippen LogP contribution is -1.86. The molecule has 0 aliphatic heterocycles. The molecule has 2 rings (SSSR count). The Morgan fingerprint density at radius 1 is 1.22 bits per heavy atom. The number of nitrogens with two attached hydrogens (primary N) is 1. The van der Waals surface area contributed by atoms with E-state index < -0.39 is 0 Å². The van der Waals surface area contributed by atoms with E-state index in [1.54, 1.807) is 23.9 Å². The molecule has 2 aromatic rings. The van der Waals surface area contributed by atoms with Crippen LogP contribution in [0.5, 0.6) is 0 Å². The van der Waals surface area contributed by atoms with E-state index in [-0.39, 0.29) is 0 Å². The summed E-state index contributed by atoms with van der Waals surface area (Å²) in [7, 11) is 0. The van der Waals surface area contributed by atoms with Crippen LogP contribution < -0.4 is 5.73 Å². The Bertz CT molecular complexity index is 605. The molecule has 2 nitrogen and oxygen atoms in total. The second kappa shape index (κ2) is 5.81. The highest BCUT2D eigenvalue weighted by molar-refractivity contribution is 7.98. The maximum atomic E-state index is 8.76. The van der Waals surface area contributed by atoms with Crippen LogP contribution in [0.4, 0.5) is 5.69 Å². The molecular weight excluding hydrogens is 264 g/mol. The predicted molar refractivity (Wildman–Crippen MR) is 76.6 cm³/mol. The number of halogens is 1. The van der Waals surface area contributed by atoms with Gasteiger partial charge in [0.1, 0.15) is 0 Å². The van der Waals surface area contributed by atoms with Gasteiger partial charge in [0.15, 0.2) is 0 Å². The number of anilines is 1. The Hall–Kier alpha value is -1.63. The van der Waals surface area contributed by atoms with Gasteiger partial charge in [-0.05, 0) is 35.9 Å². The number of hydrogen-bond acceptors (Lipinski definition) is 3. The average molecular weight is 275 g/mol. The van der Waals surface area contributed by atoms with Crippen LogP contribution in [0.3, 0.4) is 0 Å². The molecule has 0 fully saturated rings. The lowest BCUT2D eigenvalue weighted by molar-refractivity contribution is 1.37. The quantitative estimate of drug-likeness (QED) is 0.677. The predicted octanol–water partition coefficient (Wildman–Crippen LogP) is 4.09. The standard InChI is InChI=1S/C14H11ClN2S/c15-14-6-10(8-16)4-5-11(14)9-18-13-3-1-2-12(17)7-13/h1-7H,9,17H2. The van der Waals surface area contributed by atoms with Crippen molar-refractivity contribution in [2.75, 3.05) is 5.73 Å². The van der Waals surface area contributed by atoms with Crippen LogP contribution in [0.1, 0.15) is 11.1 Å². The molecule has 0 amide bonds. The van der Waals surface area contributed by atoms with E-state index in [1.807, 2.05) is 30.3 Å². The van der Waals surface area contributed by atoms with E-state index in [9.17, 15) is 0 Å². The van der Waals surface area contributed by atoms with Gasteiger partial charge in [0, 0.05) is 21.4 Å². The topological polar surface area (TPSA) is 49.8 Å². The molecule has 90 valence electrons. The van der Waals surface area contributed by atoms with Crippen molar-refractivity contribution in [2.24, 2.45) is 0 Å². The van der Waals surface area contributed by atoms with Gasteiger partial charge in [-0.25, -0.2) is 0 Å². The third kappa shape index (κ3) is 3.19. The number of nitrogen functional groups attached to an aromatic ring is 1. The summed E-state index contributed by atoms with van der Waals surface area (Å²) in [4.78, 5) is 1.11. The van der Waals surface area contributed by atoms with E-state index in [1.165, 1.54) is 0 Å². The maximum absolute atomic E-state index is 8.76. The van der Waals surface area contributed by atoms with Crippen molar-refractivity contribution >= 4 is 29.1 Å². The van der Waals surface area contributed by atoms with Gasteiger partial charge in [0.25, 0.3) is 0 Å². The minimum absolute atomic E-state index is 0.581. The van der Waals surface area contributed by atoms with Crippen LogP contribution in [0.25, 0.3) is 0 Å². The van der Waals surface area contributed by atoms with Gasteiger partial charge in [0.05, 0.1) is 11.6 Å². The smallest absolute Gasteiger partial charge is 0.0992 e. The summed E-state index contributed by atoms with van der Waals surface area (Å²) in [6.45, 7) is 0. The fraction of sp³-hybridized carbons (Fsp3) is 0.0714. The SMILES string of the molecule is N#Cc1ccc(CSc2cccc(N)c2)c(Cl)c1. The molecule has 0 radical (unpaired) electrons. The molecule has 2 aromatic carbocycles. The van der Waals surface area contributed by atoms with Crippen molar-refractivity contribution in [1.82, 2.24) is 0 Å². The summed E-state index contributed by atoms with van der Waals surface area (Å²) in [5.41, 5.74) is 8.07. The van der Waals surface area contributed by atoms with Crippen molar-refractivity contribution < 1.29 is 0 Å². The Kier molecular flexibility index (Phi) is 4.14. The zero-order valence-electron chi connectivity index (χ0n) is 9.56. The fourth-order valence-corrected chi connectivity index (χ4v) is 2.79. The highest BCUT2D eigenvalue weighted by Crippen LogP contribution is 2.28. The summed E-state index contributed by atoms with van der Waals surface area (Å²) in [5, 5.41) is 9.39. The molecule has 0 aliphatic rings. The van der Waals surface area contributed by atoms with Crippen LogP contribution in [0.15, 0.2) is 47.4 Å². The highest BCUT2D eigenvalue weighted by atomic mass is 35.5. The van der Waals surface area contributed by atoms with Gasteiger partial charge >= 0.3 is 0 Å². The van der Waals surface area contributed by atoms with E-state index >= 15 is 0 Å². The third-order valence-electron chi connectivity index (χ3n) is 2.43. The summed E-state index contributed by atoms with van der Waals surface area (Å²) in [5.74, 6) is 0.758. The van der Waals surface area contributed by atoms with Crippen molar-refractivity contribution in [3.8, 4) is 6.07 Å². The van der Waals surface area contributed by atoms with E-state index in [0.717, 1.165) is 21.9 Å². The molecule has 0 heterocycles. The second-order valence-electron chi connectivity index (χ2n) is 3.78. The molecule has 0 atom stereocenters. The Morgan fingerprint density at radius 3 is 2.72 bits per heavy atom. The molecule has 2 N–H and O–H groups in total. The summed E-state index contributed by atoms with van der Waals surface area (Å²) >= 11 is 7.78. The molecule has 0 aliphatic carbocycles. The first-order valence-corrected chi connectivity index (χ1v) is 6.72. The van der Waals surface area contributed by atoms with Crippen LogP contribution in [0.2, 0.25) is 5.02 Å². The number of rotatable bonds is 3. The van der Waals surface area contributed by atoms with Crippen molar-refractivity contribution in [1.29, 1.82) is 5.26 Å². The minimum Gasteiger partial charge on any atom is -0.399 e. The molecule has 0 saturated carbocycles. The monoisotopic (exact) mass is 274 g/mol. The Morgan fingerprint density at radius 2 is 2.06 bits per heavy atom. The van der Waals surface area contributed by atoms with E-state index in [4.69, 9.17) is 22.6 Å². The van der Waals surface area contributed by atoms with Crippen molar-refractivity contribution in [3.63, 3.8) is 0 Å². The van der Waals surface area contributed by atoms with Crippen LogP contribution >= 0.6 is 23.4 Å². The lowest BCUT2D eigenvalue weighted by Gasteiger charge is -2.05. The Balaban J connectivity index is 2.09. The van der Waals surface area contributed by atoms with Gasteiger partial charge in [0.2, 0.25) is 0 Å². The molecule has 4 heteroatoms. The summed E-state index contributed by atoms with van der Waals surface area (Å²) < 4.78 is 0. The van der Waals surface area contributed by atoms with Crippen LogP contribution in [-0.2, 0) is 5.75 Å². The van der Waals surface area contributed by atoms with Gasteiger partial charge in [-0.1, -0.05) is 23.7 Å². The molecule has 18 heavy (non-hydrogen) atoms. The second-order valence-corrected chi connectivity index (χ2v) is 5.24. The maximum Gasteiger partial charge on any atom is 0.0992 e. The van der Waals surface area contributed by atoms with Crippen LogP contribution in [-0.4, -0.2) is 0 Å². The molecule has 0 unspecified atom stereocenters. The first-order chi connectivity index (χ1) is 8.69. The summed E-state index contributed by atoms with van der Waals surface area (Å²) in [6, 6.07) is 15.2. The highest BCUT2D eigenvalue weighted by Gasteiger charge is 2.03. The number of thioether (sulfide) groups is 1. The molecule has 0 spiro atoms. The number of nitrogens with zero attached hydrogens (tertiary/aromatic N) is 1. The average Bonchev–Trinajstić information content (AvgIpc) is 2.37. The Labute approximate surface area is 115 Å². The van der Waals surface area contributed by atoms with Gasteiger partial charge in [-0.3, -0.25) is 0 Å². The molecule has 0 bridgehead atoms. The zero-order valence-corrected chi connectivity index (χ0v) is 11.1. The first-order valence-electron chi connectivity index (χ1n) is 5.36. The van der Waals surface area contributed by atoms with Gasteiger partial charge < -0.3 is 5.73 Å². The number of benzene rings is 2. The lowest BCUT2D eigenvalue weighted by atomic mass is 10.2. The van der Waals surface area contributed by atoms with Crippen LogP contribution in [0, 0.1) is 11.3 Å². The third-order valence-corrected chi connectivity index (χ3v) is 3.83.